The van der Waals surface area contributed by atoms with Crippen LogP contribution in [0.15, 0.2) is 0 Å². The van der Waals surface area contributed by atoms with Crippen LogP contribution in [0.1, 0.15) is 40.0 Å². The molecule has 0 radical (unpaired) electrons. The average molecular weight is 245 g/mol. The van der Waals surface area contributed by atoms with Crippen molar-refractivity contribution in [3.05, 3.63) is 0 Å². The number of piperidine rings is 1. The number of nitrogens with zero attached hydrogens (tertiary/aromatic N) is 1. The lowest BCUT2D eigenvalue weighted by atomic mass is 10.1. The number of carboxylic acid groups (broad SMARTS) is 1. The Balaban J connectivity index is 2.64. The zero-order valence-electron chi connectivity index (χ0n) is 10.4. The van der Waals surface area contributed by atoms with Crippen molar-refractivity contribution >= 4 is 12.2 Å². The molecule has 98 valence electrons. The average Bonchev–Trinajstić information content (AvgIpc) is 2.14. The van der Waals surface area contributed by atoms with Gasteiger partial charge in [-0.3, -0.25) is 4.90 Å². The summed E-state index contributed by atoms with van der Waals surface area (Å²) in [6.45, 7) is 5.76. The number of ether oxygens (including phenoxy) is 2. The second-order valence-electron chi connectivity index (χ2n) is 5.01. The standard InChI is InChI=1S/C11H19NO5/c1-11(2,3)17-9(13)12-7-5-4-6-8(12)16-10(14)15/h8H,4-7H2,1-3H3,(H,14,15). The van der Waals surface area contributed by atoms with Crippen molar-refractivity contribution in [2.24, 2.45) is 0 Å². The molecule has 0 aromatic rings. The van der Waals surface area contributed by atoms with E-state index in [2.05, 4.69) is 4.74 Å². The summed E-state index contributed by atoms with van der Waals surface area (Å²) in [5.74, 6) is 0. The molecular weight excluding hydrogens is 226 g/mol. The lowest BCUT2D eigenvalue weighted by Gasteiger charge is -2.35. The normalized spacial score (nSPS) is 20.9. The maximum Gasteiger partial charge on any atom is 0.507 e. The van der Waals surface area contributed by atoms with Gasteiger partial charge in [0.25, 0.3) is 0 Å². The highest BCUT2D eigenvalue weighted by atomic mass is 16.7. The molecule has 1 fully saturated rings. The molecule has 1 N–H and O–H groups in total. The molecule has 6 nitrogen and oxygen atoms in total. The van der Waals surface area contributed by atoms with E-state index in [1.807, 2.05) is 0 Å². The Hall–Kier alpha value is -1.46. The van der Waals surface area contributed by atoms with Crippen LogP contribution in [0.4, 0.5) is 9.59 Å². The minimum absolute atomic E-state index is 0.465. The molecule has 0 aliphatic carbocycles. The van der Waals surface area contributed by atoms with Gasteiger partial charge in [-0.2, -0.15) is 0 Å². The van der Waals surface area contributed by atoms with Crippen LogP contribution < -0.4 is 0 Å². The fourth-order valence-electron chi connectivity index (χ4n) is 1.67. The fraction of sp³-hybridized carbons (Fsp3) is 0.818. The first-order chi connectivity index (χ1) is 7.79. The minimum Gasteiger partial charge on any atom is -0.450 e. The summed E-state index contributed by atoms with van der Waals surface area (Å²) in [5.41, 5.74) is -0.595. The van der Waals surface area contributed by atoms with Crippen LogP contribution >= 0.6 is 0 Å². The molecule has 1 aliphatic heterocycles. The number of rotatable bonds is 1. The van der Waals surface area contributed by atoms with E-state index >= 15 is 0 Å². The summed E-state index contributed by atoms with van der Waals surface area (Å²) >= 11 is 0. The molecule has 0 aromatic heterocycles. The maximum absolute atomic E-state index is 11.8. The lowest BCUT2D eigenvalue weighted by Crippen LogP contribution is -2.47. The van der Waals surface area contributed by atoms with Crippen LogP contribution in [0.5, 0.6) is 0 Å². The topological polar surface area (TPSA) is 76.1 Å². The Labute approximate surface area is 100 Å². The van der Waals surface area contributed by atoms with E-state index in [9.17, 15) is 9.59 Å². The van der Waals surface area contributed by atoms with Crippen molar-refractivity contribution in [1.82, 2.24) is 4.90 Å². The molecule has 0 bridgehead atoms. The second kappa shape index (κ2) is 5.25. The number of hydrogen-bond donors (Lipinski definition) is 1. The molecule has 1 atom stereocenters. The third kappa shape index (κ3) is 4.50. The number of amides is 1. The zero-order valence-corrected chi connectivity index (χ0v) is 10.4. The fourth-order valence-corrected chi connectivity index (χ4v) is 1.67. The molecule has 17 heavy (non-hydrogen) atoms. The highest BCUT2D eigenvalue weighted by Gasteiger charge is 2.32. The highest BCUT2D eigenvalue weighted by molar-refractivity contribution is 5.69. The predicted molar refractivity (Wildman–Crippen MR) is 59.7 cm³/mol. The number of likely N-dealkylation sites (tertiary alicyclic amines) is 1. The van der Waals surface area contributed by atoms with Gasteiger partial charge in [-0.15, -0.1) is 0 Å². The summed E-state index contributed by atoms with van der Waals surface area (Å²) in [5, 5.41) is 8.60. The molecule has 1 rings (SSSR count). The molecule has 6 heteroatoms. The van der Waals surface area contributed by atoms with Crippen molar-refractivity contribution in [3.8, 4) is 0 Å². The van der Waals surface area contributed by atoms with Crippen LogP contribution in [0.2, 0.25) is 0 Å². The largest absolute Gasteiger partial charge is 0.507 e. The Kier molecular flexibility index (Phi) is 4.20. The molecule has 0 aromatic carbocycles. The van der Waals surface area contributed by atoms with Crippen LogP contribution in [-0.2, 0) is 9.47 Å². The van der Waals surface area contributed by atoms with Gasteiger partial charge in [0.05, 0.1) is 0 Å². The quantitative estimate of drug-likeness (QED) is 0.718. The van der Waals surface area contributed by atoms with Crippen LogP contribution in [-0.4, -0.2) is 40.6 Å². The summed E-state index contributed by atoms with van der Waals surface area (Å²) in [4.78, 5) is 23.7. The Morgan fingerprint density at radius 1 is 1.29 bits per heavy atom. The Morgan fingerprint density at radius 2 is 1.94 bits per heavy atom. The molecule has 1 saturated heterocycles. The van der Waals surface area contributed by atoms with Gasteiger partial charge in [-0.1, -0.05) is 0 Å². The van der Waals surface area contributed by atoms with Crippen molar-refractivity contribution in [2.45, 2.75) is 51.9 Å². The van der Waals surface area contributed by atoms with Gasteiger partial charge in [0.2, 0.25) is 0 Å². The molecule has 1 amide bonds. The zero-order chi connectivity index (χ0) is 13.1. The first-order valence-electron chi connectivity index (χ1n) is 5.69. The Morgan fingerprint density at radius 3 is 2.47 bits per heavy atom. The summed E-state index contributed by atoms with van der Waals surface area (Å²) in [7, 11) is 0. The van der Waals surface area contributed by atoms with Gasteiger partial charge in [0.15, 0.2) is 6.23 Å². The monoisotopic (exact) mass is 245 g/mol. The first kappa shape index (κ1) is 13.6. The van der Waals surface area contributed by atoms with Crippen LogP contribution in [0.25, 0.3) is 0 Å². The number of carbonyl (C=O) groups is 2. The maximum atomic E-state index is 11.8. The molecule has 0 spiro atoms. The number of hydrogen-bond acceptors (Lipinski definition) is 4. The van der Waals surface area contributed by atoms with Crippen molar-refractivity contribution < 1.29 is 24.2 Å². The number of carbonyl (C=O) groups excluding carboxylic acids is 1. The van der Waals surface area contributed by atoms with Crippen molar-refractivity contribution in [1.29, 1.82) is 0 Å². The Bertz CT molecular complexity index is 297. The van der Waals surface area contributed by atoms with E-state index in [1.54, 1.807) is 20.8 Å². The van der Waals surface area contributed by atoms with E-state index in [4.69, 9.17) is 9.84 Å². The smallest absolute Gasteiger partial charge is 0.450 e. The van der Waals surface area contributed by atoms with Gasteiger partial charge >= 0.3 is 12.2 Å². The summed E-state index contributed by atoms with van der Waals surface area (Å²) in [6, 6.07) is 0. The van der Waals surface area contributed by atoms with E-state index in [0.29, 0.717) is 13.0 Å². The van der Waals surface area contributed by atoms with Crippen molar-refractivity contribution in [3.63, 3.8) is 0 Å². The third-order valence-electron chi connectivity index (χ3n) is 2.31. The third-order valence-corrected chi connectivity index (χ3v) is 2.31. The SMILES string of the molecule is CC(C)(C)OC(=O)N1CCCCC1OC(=O)O. The molecule has 0 saturated carbocycles. The summed E-state index contributed by atoms with van der Waals surface area (Å²) < 4.78 is 9.88. The van der Waals surface area contributed by atoms with Gasteiger partial charge in [0.1, 0.15) is 5.60 Å². The second-order valence-corrected chi connectivity index (χ2v) is 5.01. The van der Waals surface area contributed by atoms with Gasteiger partial charge < -0.3 is 14.6 Å². The van der Waals surface area contributed by atoms with Crippen LogP contribution in [0.3, 0.4) is 0 Å². The molecule has 1 heterocycles. The summed E-state index contributed by atoms with van der Waals surface area (Å²) in [6.07, 6.45) is -0.424. The van der Waals surface area contributed by atoms with Gasteiger partial charge in [-0.25, -0.2) is 9.59 Å². The van der Waals surface area contributed by atoms with Crippen LogP contribution in [0, 0.1) is 0 Å². The lowest BCUT2D eigenvalue weighted by molar-refractivity contribution is -0.0633. The molecule has 1 aliphatic rings. The highest BCUT2D eigenvalue weighted by Crippen LogP contribution is 2.21. The van der Waals surface area contributed by atoms with Crippen molar-refractivity contribution in [2.75, 3.05) is 6.54 Å². The minimum atomic E-state index is -1.37. The predicted octanol–water partition coefficient (Wildman–Crippen LogP) is 2.43. The molecular formula is C11H19NO5. The van der Waals surface area contributed by atoms with Gasteiger partial charge in [-0.05, 0) is 33.6 Å². The first-order valence-corrected chi connectivity index (χ1v) is 5.69. The van der Waals surface area contributed by atoms with E-state index in [0.717, 1.165) is 12.8 Å². The van der Waals surface area contributed by atoms with E-state index < -0.39 is 24.1 Å². The van der Waals surface area contributed by atoms with E-state index in [-0.39, 0.29) is 0 Å². The van der Waals surface area contributed by atoms with E-state index in [1.165, 1.54) is 4.90 Å². The van der Waals surface area contributed by atoms with Gasteiger partial charge in [0, 0.05) is 13.0 Å². The molecule has 1 unspecified atom stereocenters.